The first kappa shape index (κ1) is 7.91. The molecule has 0 saturated carbocycles. The highest BCUT2D eigenvalue weighted by Gasteiger charge is 2.10. The molecule has 0 radical (unpaired) electrons. The molecule has 0 amide bonds. The van der Waals surface area contributed by atoms with Gasteiger partial charge in [0.15, 0.2) is 0 Å². The quantitative estimate of drug-likeness (QED) is 0.649. The molecule has 0 fully saturated rings. The number of nitrogens with one attached hydrogen (secondary N) is 1. The van der Waals surface area contributed by atoms with Crippen LogP contribution in [0.4, 0.5) is 0 Å². The summed E-state index contributed by atoms with van der Waals surface area (Å²) in [5.41, 5.74) is 5.54. The van der Waals surface area contributed by atoms with Gasteiger partial charge in [-0.3, -0.25) is 0 Å². The van der Waals surface area contributed by atoms with Gasteiger partial charge in [0.05, 0.1) is 6.34 Å². The Balaban J connectivity index is 1.94. The van der Waals surface area contributed by atoms with Crippen LogP contribution in [0.3, 0.4) is 0 Å². The molecule has 0 aromatic carbocycles. The van der Waals surface area contributed by atoms with Gasteiger partial charge in [-0.25, -0.2) is 4.99 Å². The average Bonchev–Trinajstić information content (AvgIpc) is 2.57. The SMILES string of the molecule is NC1=CC(OC2=CC=CC2)N=CN1. The molecule has 0 aromatic heterocycles. The molecule has 0 saturated heterocycles. The summed E-state index contributed by atoms with van der Waals surface area (Å²) in [6.45, 7) is 0. The highest BCUT2D eigenvalue weighted by Crippen LogP contribution is 2.15. The van der Waals surface area contributed by atoms with Crippen molar-refractivity contribution in [3.63, 3.8) is 0 Å². The van der Waals surface area contributed by atoms with Gasteiger partial charge in [0, 0.05) is 12.5 Å². The molecule has 1 aliphatic heterocycles. The molecule has 1 unspecified atom stereocenters. The maximum atomic E-state index is 5.54. The number of nitrogens with two attached hydrogens (primary N) is 1. The van der Waals surface area contributed by atoms with Crippen LogP contribution < -0.4 is 11.1 Å². The third kappa shape index (κ3) is 1.90. The monoisotopic (exact) mass is 177 g/mol. The van der Waals surface area contributed by atoms with Gasteiger partial charge in [0.1, 0.15) is 11.6 Å². The second-order valence-corrected chi connectivity index (χ2v) is 2.82. The first-order valence-corrected chi connectivity index (χ1v) is 4.12. The van der Waals surface area contributed by atoms with Crippen LogP contribution in [0.5, 0.6) is 0 Å². The second kappa shape index (κ2) is 3.35. The zero-order chi connectivity index (χ0) is 9.10. The summed E-state index contributed by atoms with van der Waals surface area (Å²) in [6.07, 6.45) is 9.77. The number of ether oxygens (including phenoxy) is 1. The van der Waals surface area contributed by atoms with E-state index in [1.165, 1.54) is 0 Å². The Kier molecular flexibility index (Phi) is 2.04. The van der Waals surface area contributed by atoms with Gasteiger partial charge in [-0.2, -0.15) is 0 Å². The first-order valence-electron chi connectivity index (χ1n) is 4.12. The minimum Gasteiger partial charge on any atom is -0.469 e. The molecule has 1 aliphatic carbocycles. The third-order valence-corrected chi connectivity index (χ3v) is 1.78. The van der Waals surface area contributed by atoms with E-state index in [4.69, 9.17) is 10.5 Å². The third-order valence-electron chi connectivity index (χ3n) is 1.78. The fourth-order valence-electron chi connectivity index (χ4n) is 1.16. The Morgan fingerprint density at radius 3 is 3.23 bits per heavy atom. The lowest BCUT2D eigenvalue weighted by Crippen LogP contribution is -2.26. The zero-order valence-electron chi connectivity index (χ0n) is 7.10. The van der Waals surface area contributed by atoms with E-state index in [1.54, 1.807) is 12.4 Å². The van der Waals surface area contributed by atoms with Gasteiger partial charge in [-0.15, -0.1) is 0 Å². The molecule has 2 rings (SSSR count). The van der Waals surface area contributed by atoms with Crippen LogP contribution >= 0.6 is 0 Å². The Morgan fingerprint density at radius 1 is 1.62 bits per heavy atom. The predicted molar refractivity (Wildman–Crippen MR) is 50.6 cm³/mol. The molecular weight excluding hydrogens is 166 g/mol. The molecule has 2 aliphatic rings. The molecule has 1 heterocycles. The summed E-state index contributed by atoms with van der Waals surface area (Å²) < 4.78 is 5.53. The number of hydrogen-bond donors (Lipinski definition) is 2. The highest BCUT2D eigenvalue weighted by molar-refractivity contribution is 5.59. The molecule has 3 N–H and O–H groups in total. The second-order valence-electron chi connectivity index (χ2n) is 2.82. The Bertz CT molecular complexity index is 315. The normalized spacial score (nSPS) is 25.1. The Hall–Kier alpha value is -1.71. The lowest BCUT2D eigenvalue weighted by Gasteiger charge is -2.16. The average molecular weight is 177 g/mol. The number of rotatable bonds is 2. The van der Waals surface area contributed by atoms with Crippen LogP contribution in [0, 0.1) is 0 Å². The van der Waals surface area contributed by atoms with Crippen LogP contribution in [0.1, 0.15) is 6.42 Å². The maximum absolute atomic E-state index is 5.54. The molecule has 13 heavy (non-hydrogen) atoms. The van der Waals surface area contributed by atoms with E-state index in [2.05, 4.69) is 10.3 Å². The van der Waals surface area contributed by atoms with E-state index in [-0.39, 0.29) is 6.23 Å². The molecule has 4 heteroatoms. The van der Waals surface area contributed by atoms with Crippen molar-refractivity contribution >= 4 is 6.34 Å². The first-order chi connectivity index (χ1) is 6.34. The number of aliphatic imine (C=N–C) groups is 1. The van der Waals surface area contributed by atoms with Crippen LogP contribution in [0.15, 0.2) is 40.9 Å². The van der Waals surface area contributed by atoms with E-state index >= 15 is 0 Å². The van der Waals surface area contributed by atoms with Crippen LogP contribution in [-0.4, -0.2) is 12.6 Å². The fourth-order valence-corrected chi connectivity index (χ4v) is 1.16. The predicted octanol–water partition coefficient (Wildman–Crippen LogP) is 0.604. The lowest BCUT2D eigenvalue weighted by atomic mass is 10.4. The Morgan fingerprint density at radius 2 is 2.54 bits per heavy atom. The van der Waals surface area contributed by atoms with Crippen molar-refractivity contribution in [2.45, 2.75) is 12.6 Å². The lowest BCUT2D eigenvalue weighted by molar-refractivity contribution is 0.157. The van der Waals surface area contributed by atoms with E-state index in [1.807, 2.05) is 18.2 Å². The Labute approximate surface area is 76.5 Å². The van der Waals surface area contributed by atoms with Crippen molar-refractivity contribution < 1.29 is 4.74 Å². The van der Waals surface area contributed by atoms with Crippen LogP contribution in [0.2, 0.25) is 0 Å². The summed E-state index contributed by atoms with van der Waals surface area (Å²) in [4.78, 5) is 4.06. The van der Waals surface area contributed by atoms with Crippen molar-refractivity contribution in [2.24, 2.45) is 10.7 Å². The minimum absolute atomic E-state index is 0.285. The summed E-state index contributed by atoms with van der Waals surface area (Å²) in [5.74, 6) is 1.50. The topological polar surface area (TPSA) is 59.6 Å². The molecule has 1 atom stereocenters. The van der Waals surface area contributed by atoms with Crippen LogP contribution in [-0.2, 0) is 4.74 Å². The standard InChI is InChI=1S/C9H11N3O/c10-8-5-9(12-6-11-8)13-7-3-1-2-4-7/h1-3,5-6,9H,4,10H2,(H,11,12). The van der Waals surface area contributed by atoms with Crippen molar-refractivity contribution in [1.29, 1.82) is 0 Å². The summed E-state index contributed by atoms with van der Waals surface area (Å²) in [6, 6.07) is 0. The molecule has 0 spiro atoms. The maximum Gasteiger partial charge on any atom is 0.213 e. The zero-order valence-corrected chi connectivity index (χ0v) is 7.10. The summed E-state index contributed by atoms with van der Waals surface area (Å²) in [7, 11) is 0. The van der Waals surface area contributed by atoms with Crippen molar-refractivity contribution in [2.75, 3.05) is 0 Å². The van der Waals surface area contributed by atoms with Gasteiger partial charge in [-0.1, -0.05) is 12.2 Å². The van der Waals surface area contributed by atoms with Crippen LogP contribution in [0.25, 0.3) is 0 Å². The van der Waals surface area contributed by atoms with Crippen molar-refractivity contribution in [3.05, 3.63) is 35.9 Å². The summed E-state index contributed by atoms with van der Waals surface area (Å²) >= 11 is 0. The number of allylic oxidation sites excluding steroid dienone is 3. The smallest absolute Gasteiger partial charge is 0.213 e. The molecule has 0 bridgehead atoms. The highest BCUT2D eigenvalue weighted by atomic mass is 16.5. The van der Waals surface area contributed by atoms with Gasteiger partial charge in [0.2, 0.25) is 6.23 Å². The van der Waals surface area contributed by atoms with E-state index in [0.717, 1.165) is 12.2 Å². The molecule has 0 aromatic rings. The fraction of sp³-hybridized carbons (Fsp3) is 0.222. The van der Waals surface area contributed by atoms with Gasteiger partial charge >= 0.3 is 0 Å². The number of nitrogens with zero attached hydrogens (tertiary/aromatic N) is 1. The van der Waals surface area contributed by atoms with E-state index in [0.29, 0.717) is 5.82 Å². The minimum atomic E-state index is -0.285. The van der Waals surface area contributed by atoms with Gasteiger partial charge in [0.25, 0.3) is 0 Å². The molecule has 68 valence electrons. The van der Waals surface area contributed by atoms with Crippen molar-refractivity contribution in [1.82, 2.24) is 5.32 Å². The molecular formula is C9H11N3O. The van der Waals surface area contributed by atoms with Gasteiger partial charge < -0.3 is 15.8 Å². The van der Waals surface area contributed by atoms with E-state index < -0.39 is 0 Å². The molecule has 4 nitrogen and oxygen atoms in total. The van der Waals surface area contributed by atoms with E-state index in [9.17, 15) is 0 Å². The summed E-state index contributed by atoms with van der Waals surface area (Å²) in [5, 5.41) is 2.77. The number of hydrogen-bond acceptors (Lipinski definition) is 4. The largest absolute Gasteiger partial charge is 0.469 e. The van der Waals surface area contributed by atoms with Crippen molar-refractivity contribution in [3.8, 4) is 0 Å². The van der Waals surface area contributed by atoms with Gasteiger partial charge in [-0.05, 0) is 6.08 Å².